The first-order valence-corrected chi connectivity index (χ1v) is 6.25. The van der Waals surface area contributed by atoms with Gasteiger partial charge in [0.25, 0.3) is 0 Å². The van der Waals surface area contributed by atoms with Gasteiger partial charge in [-0.1, -0.05) is 22.0 Å². The standard InChI is InChI=1S/C12H14BrNO/c13-8-3-4-9-10(14)6-11(7-1-2-7)15-12(9)5-8/h3-5,7,10-11H,1-2,6,14H2/t10-,11?/m0/s1. The van der Waals surface area contributed by atoms with Gasteiger partial charge in [0.15, 0.2) is 0 Å². The fourth-order valence-electron chi connectivity index (χ4n) is 2.26. The molecule has 2 N–H and O–H groups in total. The van der Waals surface area contributed by atoms with Crippen molar-refractivity contribution in [2.45, 2.75) is 31.4 Å². The van der Waals surface area contributed by atoms with E-state index in [-0.39, 0.29) is 6.04 Å². The lowest BCUT2D eigenvalue weighted by molar-refractivity contribution is 0.138. The minimum absolute atomic E-state index is 0.146. The second kappa shape index (κ2) is 3.49. The minimum Gasteiger partial charge on any atom is -0.490 e. The van der Waals surface area contributed by atoms with E-state index in [0.717, 1.165) is 28.1 Å². The Kier molecular flexibility index (Phi) is 2.25. The van der Waals surface area contributed by atoms with Crippen molar-refractivity contribution < 1.29 is 4.74 Å². The number of hydrogen-bond donors (Lipinski definition) is 1. The van der Waals surface area contributed by atoms with Gasteiger partial charge in [-0.05, 0) is 30.9 Å². The van der Waals surface area contributed by atoms with Crippen molar-refractivity contribution in [3.8, 4) is 5.75 Å². The Morgan fingerprint density at radius 2 is 2.13 bits per heavy atom. The highest BCUT2D eigenvalue weighted by molar-refractivity contribution is 9.10. The summed E-state index contributed by atoms with van der Waals surface area (Å²) in [5.41, 5.74) is 7.31. The molecule has 1 heterocycles. The number of rotatable bonds is 1. The van der Waals surface area contributed by atoms with Gasteiger partial charge in [0.2, 0.25) is 0 Å². The van der Waals surface area contributed by atoms with Crippen LogP contribution in [0.4, 0.5) is 0 Å². The van der Waals surface area contributed by atoms with Gasteiger partial charge in [-0.15, -0.1) is 0 Å². The third kappa shape index (κ3) is 1.79. The molecule has 0 bridgehead atoms. The maximum Gasteiger partial charge on any atom is 0.125 e. The summed E-state index contributed by atoms with van der Waals surface area (Å²) >= 11 is 3.46. The molecule has 0 spiro atoms. The number of ether oxygens (including phenoxy) is 1. The van der Waals surface area contributed by atoms with Crippen LogP contribution >= 0.6 is 15.9 Å². The molecule has 2 atom stereocenters. The van der Waals surface area contributed by atoms with Gasteiger partial charge < -0.3 is 10.5 Å². The van der Waals surface area contributed by atoms with Gasteiger partial charge in [-0.25, -0.2) is 0 Å². The zero-order valence-electron chi connectivity index (χ0n) is 8.45. The molecule has 2 nitrogen and oxygen atoms in total. The first-order valence-electron chi connectivity index (χ1n) is 5.46. The number of benzene rings is 1. The molecule has 15 heavy (non-hydrogen) atoms. The molecule has 0 amide bonds. The van der Waals surface area contributed by atoms with Gasteiger partial charge in [-0.3, -0.25) is 0 Å². The predicted octanol–water partition coefficient (Wildman–Crippen LogP) is 3.01. The molecule has 3 heteroatoms. The molecule has 0 radical (unpaired) electrons. The fraction of sp³-hybridized carbons (Fsp3) is 0.500. The van der Waals surface area contributed by atoms with Crippen molar-refractivity contribution in [3.05, 3.63) is 28.2 Å². The number of hydrogen-bond acceptors (Lipinski definition) is 2. The van der Waals surface area contributed by atoms with Gasteiger partial charge in [0.1, 0.15) is 11.9 Å². The smallest absolute Gasteiger partial charge is 0.125 e. The van der Waals surface area contributed by atoms with Crippen LogP contribution in [0.1, 0.15) is 30.9 Å². The molecule has 1 fully saturated rings. The second-order valence-corrected chi connectivity index (χ2v) is 5.43. The fourth-order valence-corrected chi connectivity index (χ4v) is 2.60. The number of fused-ring (bicyclic) bond motifs is 1. The molecule has 1 aromatic rings. The van der Waals surface area contributed by atoms with Crippen LogP contribution in [0.15, 0.2) is 22.7 Å². The second-order valence-electron chi connectivity index (χ2n) is 4.52. The first kappa shape index (κ1) is 9.67. The van der Waals surface area contributed by atoms with Crippen molar-refractivity contribution in [1.82, 2.24) is 0 Å². The normalized spacial score (nSPS) is 29.5. The lowest BCUT2D eigenvalue weighted by atomic mass is 9.95. The van der Waals surface area contributed by atoms with E-state index >= 15 is 0 Å². The third-order valence-corrected chi connectivity index (χ3v) is 3.78. The molecular weight excluding hydrogens is 254 g/mol. The summed E-state index contributed by atoms with van der Waals surface area (Å²) in [5.74, 6) is 1.73. The molecule has 3 rings (SSSR count). The summed E-state index contributed by atoms with van der Waals surface area (Å²) < 4.78 is 7.06. The zero-order chi connectivity index (χ0) is 10.4. The highest BCUT2D eigenvalue weighted by Gasteiger charge is 2.37. The molecule has 1 unspecified atom stereocenters. The van der Waals surface area contributed by atoms with E-state index < -0.39 is 0 Å². The van der Waals surface area contributed by atoms with Gasteiger partial charge in [-0.2, -0.15) is 0 Å². The Morgan fingerprint density at radius 3 is 2.87 bits per heavy atom. The molecular formula is C12H14BrNO. The summed E-state index contributed by atoms with van der Waals surface area (Å²) in [6, 6.07) is 6.27. The van der Waals surface area contributed by atoms with E-state index in [1.807, 2.05) is 12.1 Å². The molecule has 1 aromatic carbocycles. The molecule has 0 saturated heterocycles. The molecule has 1 aliphatic carbocycles. The largest absolute Gasteiger partial charge is 0.490 e. The van der Waals surface area contributed by atoms with Crippen molar-refractivity contribution in [1.29, 1.82) is 0 Å². The lowest BCUT2D eigenvalue weighted by Crippen LogP contribution is -2.30. The molecule has 80 valence electrons. The topological polar surface area (TPSA) is 35.2 Å². The summed E-state index contributed by atoms with van der Waals surface area (Å²) in [5, 5.41) is 0. The summed E-state index contributed by atoms with van der Waals surface area (Å²) in [6.45, 7) is 0. The molecule has 2 aliphatic rings. The maximum atomic E-state index is 6.16. The predicted molar refractivity (Wildman–Crippen MR) is 62.8 cm³/mol. The summed E-state index contributed by atoms with van der Waals surface area (Å²) in [4.78, 5) is 0. The Labute approximate surface area is 97.9 Å². The Morgan fingerprint density at radius 1 is 1.33 bits per heavy atom. The Balaban J connectivity index is 1.93. The third-order valence-electron chi connectivity index (χ3n) is 3.29. The van der Waals surface area contributed by atoms with Crippen molar-refractivity contribution in [3.63, 3.8) is 0 Å². The first-order chi connectivity index (χ1) is 7.24. The Bertz CT molecular complexity index is 389. The van der Waals surface area contributed by atoms with Crippen LogP contribution in [0.25, 0.3) is 0 Å². The van der Waals surface area contributed by atoms with E-state index in [4.69, 9.17) is 10.5 Å². The van der Waals surface area contributed by atoms with Crippen LogP contribution in [0.2, 0.25) is 0 Å². The highest BCUT2D eigenvalue weighted by atomic mass is 79.9. The quantitative estimate of drug-likeness (QED) is 0.849. The maximum absolute atomic E-state index is 6.16. The average molecular weight is 268 g/mol. The lowest BCUT2D eigenvalue weighted by Gasteiger charge is -2.30. The number of halogens is 1. The molecule has 1 saturated carbocycles. The zero-order valence-corrected chi connectivity index (χ0v) is 10.0. The van der Waals surface area contributed by atoms with Gasteiger partial charge in [0.05, 0.1) is 0 Å². The SMILES string of the molecule is N[C@H]1CC(C2CC2)Oc2cc(Br)ccc21. The van der Waals surface area contributed by atoms with Crippen molar-refractivity contribution in [2.75, 3.05) is 0 Å². The van der Waals surface area contributed by atoms with Crippen LogP contribution < -0.4 is 10.5 Å². The molecule has 1 aliphatic heterocycles. The van der Waals surface area contributed by atoms with E-state index in [1.54, 1.807) is 0 Å². The minimum atomic E-state index is 0.146. The summed E-state index contributed by atoms with van der Waals surface area (Å²) in [6.07, 6.45) is 3.93. The summed E-state index contributed by atoms with van der Waals surface area (Å²) in [7, 11) is 0. The highest BCUT2D eigenvalue weighted by Crippen LogP contribution is 2.43. The van der Waals surface area contributed by atoms with Crippen LogP contribution in [-0.2, 0) is 0 Å². The van der Waals surface area contributed by atoms with Gasteiger partial charge >= 0.3 is 0 Å². The van der Waals surface area contributed by atoms with Crippen LogP contribution in [0.5, 0.6) is 5.75 Å². The number of nitrogens with two attached hydrogens (primary N) is 1. The van der Waals surface area contributed by atoms with Gasteiger partial charge in [0, 0.05) is 22.5 Å². The van der Waals surface area contributed by atoms with Crippen molar-refractivity contribution >= 4 is 15.9 Å². The van der Waals surface area contributed by atoms with E-state index in [9.17, 15) is 0 Å². The van der Waals surface area contributed by atoms with E-state index in [1.165, 1.54) is 12.8 Å². The van der Waals surface area contributed by atoms with Crippen LogP contribution in [-0.4, -0.2) is 6.10 Å². The monoisotopic (exact) mass is 267 g/mol. The Hall–Kier alpha value is -0.540. The molecule has 0 aromatic heterocycles. The van der Waals surface area contributed by atoms with Crippen LogP contribution in [0.3, 0.4) is 0 Å². The average Bonchev–Trinajstić information content (AvgIpc) is 2.99. The van der Waals surface area contributed by atoms with Crippen LogP contribution in [0, 0.1) is 5.92 Å². The van der Waals surface area contributed by atoms with E-state index in [0.29, 0.717) is 6.10 Å². The van der Waals surface area contributed by atoms with E-state index in [2.05, 4.69) is 22.0 Å². The van der Waals surface area contributed by atoms with Crippen molar-refractivity contribution in [2.24, 2.45) is 11.7 Å².